The van der Waals surface area contributed by atoms with Gasteiger partial charge in [-0.3, -0.25) is 4.68 Å². The van der Waals surface area contributed by atoms with Gasteiger partial charge in [-0.2, -0.15) is 5.10 Å². The summed E-state index contributed by atoms with van der Waals surface area (Å²) in [5.74, 6) is 0. The second-order valence-electron chi connectivity index (χ2n) is 3.28. The molecule has 0 aliphatic carbocycles. The number of alkyl halides is 1. The third-order valence-corrected chi connectivity index (χ3v) is 2.64. The van der Waals surface area contributed by atoms with E-state index in [9.17, 15) is 0 Å². The molecule has 80 valence electrons. The van der Waals surface area contributed by atoms with E-state index in [1.165, 1.54) is 18.4 Å². The van der Waals surface area contributed by atoms with Crippen LogP contribution in [0.4, 0.5) is 0 Å². The lowest BCUT2D eigenvalue weighted by molar-refractivity contribution is 0.639. The standard InChI is InChI=1S/C10H18BrN3/c1-2-14-9-10(8-13-14)7-12-6-4-3-5-11/h8-9,12H,2-7H2,1H3. The Labute approximate surface area is 94.0 Å². The molecule has 4 heteroatoms. The Balaban J connectivity index is 2.12. The zero-order valence-corrected chi connectivity index (χ0v) is 10.3. The zero-order valence-electron chi connectivity index (χ0n) is 8.67. The van der Waals surface area contributed by atoms with Crippen LogP contribution in [0.25, 0.3) is 0 Å². The molecule has 0 atom stereocenters. The molecule has 1 N–H and O–H groups in total. The van der Waals surface area contributed by atoms with E-state index in [2.05, 4.69) is 39.5 Å². The number of hydrogen-bond donors (Lipinski definition) is 1. The van der Waals surface area contributed by atoms with E-state index in [4.69, 9.17) is 0 Å². The highest BCUT2D eigenvalue weighted by Gasteiger charge is 1.95. The fourth-order valence-electron chi connectivity index (χ4n) is 1.25. The number of unbranched alkanes of at least 4 members (excludes halogenated alkanes) is 1. The Hall–Kier alpha value is -0.350. The highest BCUT2D eigenvalue weighted by molar-refractivity contribution is 9.09. The van der Waals surface area contributed by atoms with Crippen LogP contribution in [-0.4, -0.2) is 21.7 Å². The van der Waals surface area contributed by atoms with Crippen molar-refractivity contribution < 1.29 is 0 Å². The maximum absolute atomic E-state index is 4.22. The zero-order chi connectivity index (χ0) is 10.2. The van der Waals surface area contributed by atoms with Crippen LogP contribution in [0.1, 0.15) is 25.3 Å². The quantitative estimate of drug-likeness (QED) is 0.601. The molecule has 0 spiro atoms. The summed E-state index contributed by atoms with van der Waals surface area (Å²) in [6.45, 7) is 5.06. The van der Waals surface area contributed by atoms with Crippen LogP contribution >= 0.6 is 15.9 Å². The van der Waals surface area contributed by atoms with Crippen molar-refractivity contribution in [2.75, 3.05) is 11.9 Å². The Bertz CT molecular complexity index is 247. The first kappa shape index (κ1) is 11.7. The molecule has 0 aliphatic heterocycles. The molecule has 0 aromatic carbocycles. The van der Waals surface area contributed by atoms with Crippen LogP contribution in [0.15, 0.2) is 12.4 Å². The summed E-state index contributed by atoms with van der Waals surface area (Å²) >= 11 is 3.42. The summed E-state index contributed by atoms with van der Waals surface area (Å²) in [4.78, 5) is 0. The van der Waals surface area contributed by atoms with Gasteiger partial charge in [0.1, 0.15) is 0 Å². The minimum atomic E-state index is 0.933. The first-order chi connectivity index (χ1) is 6.86. The topological polar surface area (TPSA) is 29.9 Å². The molecular formula is C10H18BrN3. The number of hydrogen-bond acceptors (Lipinski definition) is 2. The number of nitrogens with one attached hydrogen (secondary N) is 1. The van der Waals surface area contributed by atoms with Crippen molar-refractivity contribution in [1.29, 1.82) is 0 Å². The first-order valence-corrected chi connectivity index (χ1v) is 6.27. The minimum absolute atomic E-state index is 0.933. The van der Waals surface area contributed by atoms with E-state index in [-0.39, 0.29) is 0 Å². The van der Waals surface area contributed by atoms with Gasteiger partial charge in [-0.15, -0.1) is 0 Å². The fraction of sp³-hybridized carbons (Fsp3) is 0.700. The molecule has 1 rings (SSSR count). The SMILES string of the molecule is CCn1cc(CNCCCCBr)cn1. The Morgan fingerprint density at radius 1 is 1.50 bits per heavy atom. The predicted molar refractivity (Wildman–Crippen MR) is 62.6 cm³/mol. The highest BCUT2D eigenvalue weighted by atomic mass is 79.9. The normalized spacial score (nSPS) is 10.7. The lowest BCUT2D eigenvalue weighted by Gasteiger charge is -2.00. The molecule has 0 unspecified atom stereocenters. The Kier molecular flexibility index (Phi) is 5.87. The van der Waals surface area contributed by atoms with Crippen molar-refractivity contribution in [3.8, 4) is 0 Å². The lowest BCUT2D eigenvalue weighted by Crippen LogP contribution is -2.14. The highest BCUT2D eigenvalue weighted by Crippen LogP contribution is 1.97. The van der Waals surface area contributed by atoms with Gasteiger partial charge in [0.25, 0.3) is 0 Å². The number of nitrogens with zero attached hydrogens (tertiary/aromatic N) is 2. The molecule has 1 heterocycles. The third kappa shape index (κ3) is 4.24. The largest absolute Gasteiger partial charge is 0.313 e. The van der Waals surface area contributed by atoms with Gasteiger partial charge >= 0.3 is 0 Å². The van der Waals surface area contributed by atoms with Crippen LogP contribution in [0.5, 0.6) is 0 Å². The van der Waals surface area contributed by atoms with Gasteiger partial charge in [0.15, 0.2) is 0 Å². The molecule has 0 aliphatic rings. The predicted octanol–water partition coefficient (Wildman–Crippen LogP) is 2.17. The van der Waals surface area contributed by atoms with Crippen molar-refractivity contribution in [2.45, 2.75) is 32.9 Å². The summed E-state index contributed by atoms with van der Waals surface area (Å²) in [7, 11) is 0. The van der Waals surface area contributed by atoms with Crippen molar-refractivity contribution in [3.05, 3.63) is 18.0 Å². The first-order valence-electron chi connectivity index (χ1n) is 5.15. The Morgan fingerprint density at radius 3 is 3.00 bits per heavy atom. The van der Waals surface area contributed by atoms with Gasteiger partial charge in [-0.1, -0.05) is 15.9 Å². The average molecular weight is 260 g/mol. The molecule has 3 nitrogen and oxygen atoms in total. The number of aromatic nitrogens is 2. The second kappa shape index (κ2) is 7.01. The van der Waals surface area contributed by atoms with Gasteiger partial charge in [0, 0.05) is 30.2 Å². The summed E-state index contributed by atoms with van der Waals surface area (Å²) in [6, 6.07) is 0. The second-order valence-corrected chi connectivity index (χ2v) is 4.07. The maximum atomic E-state index is 4.22. The number of halogens is 1. The molecule has 1 aromatic rings. The summed E-state index contributed by atoms with van der Waals surface area (Å²) in [5.41, 5.74) is 1.27. The summed E-state index contributed by atoms with van der Waals surface area (Å²) in [6.07, 6.45) is 6.49. The monoisotopic (exact) mass is 259 g/mol. The number of rotatable bonds is 7. The van der Waals surface area contributed by atoms with Gasteiger partial charge < -0.3 is 5.32 Å². The van der Waals surface area contributed by atoms with E-state index >= 15 is 0 Å². The molecule has 1 aromatic heterocycles. The molecule has 0 saturated heterocycles. The van der Waals surface area contributed by atoms with E-state index < -0.39 is 0 Å². The molecule has 14 heavy (non-hydrogen) atoms. The van der Waals surface area contributed by atoms with E-state index in [1.54, 1.807) is 0 Å². The molecular weight excluding hydrogens is 242 g/mol. The van der Waals surface area contributed by atoms with Crippen molar-refractivity contribution >= 4 is 15.9 Å². The van der Waals surface area contributed by atoms with Gasteiger partial charge in [0.2, 0.25) is 0 Å². The third-order valence-electron chi connectivity index (χ3n) is 2.08. The van der Waals surface area contributed by atoms with Crippen LogP contribution in [0, 0.1) is 0 Å². The van der Waals surface area contributed by atoms with Crippen LogP contribution in [0.3, 0.4) is 0 Å². The fourth-order valence-corrected chi connectivity index (χ4v) is 1.64. The molecule has 0 radical (unpaired) electrons. The van der Waals surface area contributed by atoms with E-state index in [1.807, 2.05) is 10.9 Å². The van der Waals surface area contributed by atoms with Crippen molar-refractivity contribution in [3.63, 3.8) is 0 Å². The minimum Gasteiger partial charge on any atom is -0.313 e. The van der Waals surface area contributed by atoms with Gasteiger partial charge in [-0.25, -0.2) is 0 Å². The summed E-state index contributed by atoms with van der Waals surface area (Å²) < 4.78 is 1.95. The smallest absolute Gasteiger partial charge is 0.0534 e. The van der Waals surface area contributed by atoms with E-state index in [0.717, 1.165) is 25.0 Å². The van der Waals surface area contributed by atoms with E-state index in [0.29, 0.717) is 0 Å². The van der Waals surface area contributed by atoms with Crippen molar-refractivity contribution in [2.24, 2.45) is 0 Å². The lowest BCUT2D eigenvalue weighted by atomic mass is 10.3. The molecule has 0 bridgehead atoms. The van der Waals surface area contributed by atoms with Crippen LogP contribution in [0.2, 0.25) is 0 Å². The van der Waals surface area contributed by atoms with Crippen molar-refractivity contribution in [1.82, 2.24) is 15.1 Å². The Morgan fingerprint density at radius 2 is 2.36 bits per heavy atom. The molecule has 0 fully saturated rings. The number of aryl methyl sites for hydroxylation is 1. The van der Waals surface area contributed by atoms with Gasteiger partial charge in [-0.05, 0) is 26.3 Å². The molecule has 0 amide bonds. The summed E-state index contributed by atoms with van der Waals surface area (Å²) in [5, 5.41) is 8.72. The van der Waals surface area contributed by atoms with Gasteiger partial charge in [0.05, 0.1) is 6.20 Å². The van der Waals surface area contributed by atoms with Crippen LogP contribution in [-0.2, 0) is 13.1 Å². The van der Waals surface area contributed by atoms with Crippen LogP contribution < -0.4 is 5.32 Å². The average Bonchev–Trinajstić information content (AvgIpc) is 2.65. The molecule has 0 saturated carbocycles. The maximum Gasteiger partial charge on any atom is 0.0534 e.